The van der Waals surface area contributed by atoms with Crippen LogP contribution in [0.2, 0.25) is 5.02 Å². The summed E-state index contributed by atoms with van der Waals surface area (Å²) >= 11 is 5.67. The maximum absolute atomic E-state index is 12.2. The van der Waals surface area contributed by atoms with Crippen molar-refractivity contribution in [3.05, 3.63) is 41.2 Å². The average molecular weight is 411 g/mol. The van der Waals surface area contributed by atoms with Gasteiger partial charge < -0.3 is 8.92 Å². The van der Waals surface area contributed by atoms with E-state index in [0.717, 1.165) is 0 Å². The molecule has 2 aromatic rings. The van der Waals surface area contributed by atoms with Crippen LogP contribution < -0.4 is 8.92 Å². The molecule has 0 atom stereocenters. The Balaban J connectivity index is 2.16. The van der Waals surface area contributed by atoms with Gasteiger partial charge in [-0.2, -0.15) is 21.6 Å². The van der Waals surface area contributed by atoms with E-state index < -0.39 is 34.9 Å². The van der Waals surface area contributed by atoms with E-state index in [1.807, 2.05) is 0 Å². The summed E-state index contributed by atoms with van der Waals surface area (Å²) in [6, 6.07) is 4.48. The highest BCUT2D eigenvalue weighted by atomic mass is 35.5. The molecule has 0 spiro atoms. The Bertz CT molecular complexity index is 858. The van der Waals surface area contributed by atoms with E-state index in [1.165, 1.54) is 18.5 Å². The van der Waals surface area contributed by atoms with Crippen molar-refractivity contribution < 1.29 is 30.5 Å². The van der Waals surface area contributed by atoms with E-state index in [0.29, 0.717) is 5.56 Å². The molecule has 11 heteroatoms. The smallest absolute Gasteiger partial charge is 0.389 e. The van der Waals surface area contributed by atoms with Crippen molar-refractivity contribution in [2.45, 2.75) is 25.9 Å². The summed E-state index contributed by atoms with van der Waals surface area (Å²) in [6.07, 6.45) is -3.68. The first-order valence-electron chi connectivity index (χ1n) is 7.30. The van der Waals surface area contributed by atoms with E-state index in [9.17, 15) is 21.6 Å². The summed E-state index contributed by atoms with van der Waals surface area (Å²) in [5.74, 6) is -0.914. The second-order valence-electron chi connectivity index (χ2n) is 5.25. The number of halogens is 4. The lowest BCUT2D eigenvalue weighted by atomic mass is 10.2. The Hall–Kier alpha value is -2.07. The van der Waals surface area contributed by atoms with Gasteiger partial charge in [-0.1, -0.05) is 23.7 Å². The number of aromatic nitrogens is 2. The van der Waals surface area contributed by atoms with Gasteiger partial charge in [-0.05, 0) is 25.0 Å². The molecular formula is C15H14ClF3N2O4S. The zero-order chi connectivity index (χ0) is 19.4. The van der Waals surface area contributed by atoms with Crippen molar-refractivity contribution in [2.24, 2.45) is 0 Å². The quantitative estimate of drug-likeness (QED) is 0.634. The van der Waals surface area contributed by atoms with Crippen LogP contribution in [0.4, 0.5) is 13.2 Å². The molecule has 142 valence electrons. The predicted octanol–water partition coefficient (Wildman–Crippen LogP) is 4.28. The molecule has 0 aliphatic carbocycles. The van der Waals surface area contributed by atoms with Crippen molar-refractivity contribution in [1.82, 2.24) is 9.97 Å². The maximum Gasteiger partial charge on any atom is 0.389 e. The van der Waals surface area contributed by atoms with Crippen LogP contribution in [0.5, 0.6) is 17.5 Å². The van der Waals surface area contributed by atoms with Gasteiger partial charge in [0.1, 0.15) is 0 Å². The van der Waals surface area contributed by atoms with Crippen molar-refractivity contribution in [1.29, 1.82) is 0 Å². The number of hydrogen-bond acceptors (Lipinski definition) is 6. The van der Waals surface area contributed by atoms with Crippen LogP contribution in [0.1, 0.15) is 18.4 Å². The normalized spacial score (nSPS) is 12.0. The molecule has 0 bridgehead atoms. The lowest BCUT2D eigenvalue weighted by molar-refractivity contribution is -0.134. The van der Waals surface area contributed by atoms with Crippen LogP contribution in [0, 0.1) is 6.92 Å². The fraction of sp³-hybridized carbons (Fsp3) is 0.333. The number of hydrogen-bond donors (Lipinski definition) is 0. The third kappa shape index (κ3) is 6.34. The minimum absolute atomic E-state index is 0.00622. The molecule has 0 radical (unpaired) electrons. The number of rotatable bonds is 7. The van der Waals surface area contributed by atoms with E-state index in [2.05, 4.69) is 9.97 Å². The van der Waals surface area contributed by atoms with Crippen LogP contribution in [-0.4, -0.2) is 30.3 Å². The van der Waals surface area contributed by atoms with Gasteiger partial charge in [0, 0.05) is 6.42 Å². The van der Waals surface area contributed by atoms with E-state index in [4.69, 9.17) is 20.5 Å². The zero-order valence-corrected chi connectivity index (χ0v) is 15.0. The highest BCUT2D eigenvalue weighted by Gasteiger charge is 2.28. The van der Waals surface area contributed by atoms with Gasteiger partial charge in [-0.15, -0.1) is 0 Å². The molecule has 0 aliphatic heterocycles. The molecule has 0 unspecified atom stereocenters. The van der Waals surface area contributed by atoms with Gasteiger partial charge in [-0.25, -0.2) is 9.97 Å². The highest BCUT2D eigenvalue weighted by molar-refractivity contribution is 7.87. The largest absolute Gasteiger partial charge is 0.420 e. The standard InChI is InChI=1S/C15H14ClF3N2O4S/c1-10-4-2-5-12(24-14-20-8-11(16)9-21-14)13(10)25-26(22,23)7-3-6-15(17,18)19/h2,4-5,8-9H,3,6-7H2,1H3. The van der Waals surface area contributed by atoms with Gasteiger partial charge in [0.25, 0.3) is 0 Å². The average Bonchev–Trinajstić information content (AvgIpc) is 2.51. The molecule has 1 aromatic carbocycles. The zero-order valence-electron chi connectivity index (χ0n) is 13.5. The third-order valence-electron chi connectivity index (χ3n) is 3.04. The van der Waals surface area contributed by atoms with Crippen molar-refractivity contribution >= 4 is 21.7 Å². The molecule has 0 saturated carbocycles. The summed E-state index contributed by atoms with van der Waals surface area (Å²) < 4.78 is 70.9. The highest BCUT2D eigenvalue weighted by Crippen LogP contribution is 2.34. The number of nitrogens with zero attached hydrogens (tertiary/aromatic N) is 2. The van der Waals surface area contributed by atoms with Crippen LogP contribution in [0.15, 0.2) is 30.6 Å². The van der Waals surface area contributed by atoms with Crippen molar-refractivity contribution in [3.8, 4) is 17.5 Å². The molecule has 0 aliphatic rings. The molecule has 1 heterocycles. The van der Waals surface area contributed by atoms with Crippen LogP contribution in [-0.2, 0) is 10.1 Å². The van der Waals surface area contributed by atoms with Crippen molar-refractivity contribution in [2.75, 3.05) is 5.75 Å². The summed E-state index contributed by atoms with van der Waals surface area (Å²) in [4.78, 5) is 7.64. The summed E-state index contributed by atoms with van der Waals surface area (Å²) in [5, 5.41) is 0.283. The Labute approximate surface area is 153 Å². The first-order chi connectivity index (χ1) is 12.1. The minimum Gasteiger partial charge on any atom is -0.420 e. The van der Waals surface area contributed by atoms with Crippen LogP contribution in [0.25, 0.3) is 0 Å². The Kier molecular flexibility index (Phi) is 6.30. The predicted molar refractivity (Wildman–Crippen MR) is 88.0 cm³/mol. The van der Waals surface area contributed by atoms with E-state index in [-0.39, 0.29) is 22.5 Å². The molecule has 6 nitrogen and oxygen atoms in total. The summed E-state index contributed by atoms with van der Waals surface area (Å²) in [6.45, 7) is 1.57. The van der Waals surface area contributed by atoms with Gasteiger partial charge in [0.2, 0.25) is 0 Å². The van der Waals surface area contributed by atoms with Gasteiger partial charge >= 0.3 is 22.3 Å². The topological polar surface area (TPSA) is 78.4 Å². The molecule has 0 N–H and O–H groups in total. The number of alkyl halides is 3. The molecule has 0 amide bonds. The van der Waals surface area contributed by atoms with Crippen LogP contribution in [0.3, 0.4) is 0 Å². The van der Waals surface area contributed by atoms with Gasteiger partial charge in [0.05, 0.1) is 23.2 Å². The fourth-order valence-corrected chi connectivity index (χ4v) is 3.03. The first-order valence-corrected chi connectivity index (χ1v) is 9.25. The number of para-hydroxylation sites is 1. The van der Waals surface area contributed by atoms with Gasteiger partial charge in [-0.3, -0.25) is 0 Å². The molecule has 0 saturated heterocycles. The monoisotopic (exact) mass is 410 g/mol. The molecule has 26 heavy (non-hydrogen) atoms. The summed E-state index contributed by atoms with van der Waals surface area (Å²) in [5.41, 5.74) is 0.413. The molecular weight excluding hydrogens is 397 g/mol. The maximum atomic E-state index is 12.2. The third-order valence-corrected chi connectivity index (χ3v) is 4.44. The Morgan fingerprint density at radius 3 is 2.46 bits per heavy atom. The fourth-order valence-electron chi connectivity index (χ4n) is 1.88. The Morgan fingerprint density at radius 1 is 1.19 bits per heavy atom. The van der Waals surface area contributed by atoms with Crippen LogP contribution >= 0.6 is 11.6 Å². The number of ether oxygens (including phenoxy) is 1. The number of aryl methyl sites for hydroxylation is 1. The van der Waals surface area contributed by atoms with Gasteiger partial charge in [0.15, 0.2) is 11.5 Å². The second-order valence-corrected chi connectivity index (χ2v) is 7.38. The molecule has 0 fully saturated rings. The first kappa shape index (κ1) is 20.2. The number of benzene rings is 1. The molecule has 1 aromatic heterocycles. The van der Waals surface area contributed by atoms with E-state index in [1.54, 1.807) is 19.1 Å². The second kappa shape index (κ2) is 8.09. The lowest BCUT2D eigenvalue weighted by Gasteiger charge is -2.14. The van der Waals surface area contributed by atoms with E-state index >= 15 is 0 Å². The SMILES string of the molecule is Cc1cccc(Oc2ncc(Cl)cn2)c1OS(=O)(=O)CCCC(F)(F)F. The lowest BCUT2D eigenvalue weighted by Crippen LogP contribution is -2.17. The molecule has 2 rings (SSSR count). The van der Waals surface area contributed by atoms with Crippen molar-refractivity contribution in [3.63, 3.8) is 0 Å². The minimum atomic E-state index is -4.43. The Morgan fingerprint density at radius 2 is 1.85 bits per heavy atom. The summed E-state index contributed by atoms with van der Waals surface area (Å²) in [7, 11) is -4.24.